The van der Waals surface area contributed by atoms with Gasteiger partial charge in [0.1, 0.15) is 5.75 Å². The molecule has 3 atom stereocenters. The lowest BCUT2D eigenvalue weighted by Crippen LogP contribution is -2.30. The number of hydrogen-bond donors (Lipinski definition) is 1. The zero-order valence-corrected chi connectivity index (χ0v) is 14.8. The summed E-state index contributed by atoms with van der Waals surface area (Å²) in [6.07, 6.45) is 1.30. The van der Waals surface area contributed by atoms with Crippen molar-refractivity contribution in [1.82, 2.24) is 0 Å². The monoisotopic (exact) mass is 323 g/mol. The van der Waals surface area contributed by atoms with Crippen molar-refractivity contribution in [3.05, 3.63) is 58.1 Å². The number of methoxy groups -OCH3 is 1. The Labute approximate surface area is 144 Å². The van der Waals surface area contributed by atoms with Crippen molar-refractivity contribution in [2.45, 2.75) is 39.3 Å². The van der Waals surface area contributed by atoms with Crippen LogP contribution in [-0.2, 0) is 4.74 Å². The molecule has 126 valence electrons. The lowest BCUT2D eigenvalue weighted by molar-refractivity contribution is 0.0828. The molecule has 4 rings (SSSR count). The highest BCUT2D eigenvalue weighted by Crippen LogP contribution is 2.51. The molecule has 2 aliphatic rings. The lowest BCUT2D eigenvalue weighted by Gasteiger charge is -2.37. The van der Waals surface area contributed by atoms with Crippen LogP contribution in [0.1, 0.15) is 46.4 Å². The molecule has 0 amide bonds. The van der Waals surface area contributed by atoms with Gasteiger partial charge in [0.2, 0.25) is 0 Å². The molecule has 0 aliphatic carbocycles. The Bertz CT molecular complexity index is 784. The Morgan fingerprint density at radius 2 is 1.92 bits per heavy atom. The minimum atomic E-state index is 0.201. The molecule has 1 unspecified atom stereocenters. The molecular weight excluding hydrogens is 298 g/mol. The number of ether oxygens (including phenoxy) is 2. The Balaban J connectivity index is 1.79. The second-order valence-corrected chi connectivity index (χ2v) is 7.14. The van der Waals surface area contributed by atoms with E-state index in [-0.39, 0.29) is 12.1 Å². The molecule has 1 fully saturated rings. The first-order valence-corrected chi connectivity index (χ1v) is 8.72. The standard InChI is InChI=1S/C21H25NO2/c1-12-9-14(3)19-17(10-12)21-16(7-8-24-21)20(22-19)15-5-6-18(23-4)13(2)11-15/h5-6,9-11,16,20-22H,7-8H2,1-4H3/t16-,20?,21-/m0/s1. The Kier molecular flexibility index (Phi) is 3.76. The van der Waals surface area contributed by atoms with Crippen molar-refractivity contribution < 1.29 is 9.47 Å². The summed E-state index contributed by atoms with van der Waals surface area (Å²) in [5, 5.41) is 3.82. The van der Waals surface area contributed by atoms with Crippen molar-refractivity contribution >= 4 is 5.69 Å². The minimum absolute atomic E-state index is 0.201. The van der Waals surface area contributed by atoms with Crippen molar-refractivity contribution in [2.24, 2.45) is 5.92 Å². The molecule has 0 radical (unpaired) electrons. The van der Waals surface area contributed by atoms with Crippen LogP contribution >= 0.6 is 0 Å². The normalized spacial score (nSPS) is 24.9. The average molecular weight is 323 g/mol. The molecule has 0 saturated carbocycles. The third kappa shape index (κ3) is 2.39. The van der Waals surface area contributed by atoms with Crippen LogP contribution in [0.15, 0.2) is 30.3 Å². The van der Waals surface area contributed by atoms with Crippen molar-refractivity contribution in [2.75, 3.05) is 19.0 Å². The molecule has 2 aliphatic heterocycles. The summed E-state index contributed by atoms with van der Waals surface area (Å²) in [6, 6.07) is 11.3. The molecule has 3 heteroatoms. The molecule has 0 aromatic heterocycles. The van der Waals surface area contributed by atoms with E-state index in [0.29, 0.717) is 5.92 Å². The fourth-order valence-electron chi connectivity index (χ4n) is 4.38. The van der Waals surface area contributed by atoms with Gasteiger partial charge in [-0.3, -0.25) is 0 Å². The smallest absolute Gasteiger partial charge is 0.121 e. The number of anilines is 1. The fraction of sp³-hybridized carbons (Fsp3) is 0.429. The fourth-order valence-corrected chi connectivity index (χ4v) is 4.38. The summed E-state index contributed by atoms with van der Waals surface area (Å²) in [4.78, 5) is 0. The first kappa shape index (κ1) is 15.5. The van der Waals surface area contributed by atoms with Crippen LogP contribution in [0.5, 0.6) is 5.75 Å². The number of benzene rings is 2. The molecule has 3 nitrogen and oxygen atoms in total. The first-order chi connectivity index (χ1) is 11.6. The molecular formula is C21H25NO2. The van der Waals surface area contributed by atoms with Crippen LogP contribution in [0.2, 0.25) is 0 Å². The second kappa shape index (κ2) is 5.82. The first-order valence-electron chi connectivity index (χ1n) is 8.72. The van der Waals surface area contributed by atoms with Crippen LogP contribution in [0, 0.1) is 26.7 Å². The summed E-state index contributed by atoms with van der Waals surface area (Å²) in [6.45, 7) is 7.30. The van der Waals surface area contributed by atoms with E-state index in [1.165, 1.54) is 33.5 Å². The van der Waals surface area contributed by atoms with Gasteiger partial charge in [0.25, 0.3) is 0 Å². The van der Waals surface area contributed by atoms with Gasteiger partial charge >= 0.3 is 0 Å². The van der Waals surface area contributed by atoms with Crippen molar-refractivity contribution in [1.29, 1.82) is 0 Å². The zero-order chi connectivity index (χ0) is 16.8. The highest BCUT2D eigenvalue weighted by atomic mass is 16.5. The summed E-state index contributed by atoms with van der Waals surface area (Å²) < 4.78 is 11.6. The van der Waals surface area contributed by atoms with Crippen LogP contribution in [0.25, 0.3) is 0 Å². The predicted molar refractivity (Wildman–Crippen MR) is 96.8 cm³/mol. The molecule has 24 heavy (non-hydrogen) atoms. The maximum atomic E-state index is 6.16. The minimum Gasteiger partial charge on any atom is -0.496 e. The average Bonchev–Trinajstić information content (AvgIpc) is 3.04. The molecule has 2 aromatic carbocycles. The quantitative estimate of drug-likeness (QED) is 0.855. The topological polar surface area (TPSA) is 30.5 Å². The summed E-state index contributed by atoms with van der Waals surface area (Å²) >= 11 is 0. The van der Waals surface area contributed by atoms with Crippen LogP contribution in [0.3, 0.4) is 0 Å². The maximum Gasteiger partial charge on any atom is 0.121 e. The van der Waals surface area contributed by atoms with Gasteiger partial charge in [-0.05, 0) is 49.9 Å². The van der Waals surface area contributed by atoms with Gasteiger partial charge in [-0.25, -0.2) is 0 Å². The lowest BCUT2D eigenvalue weighted by atomic mass is 9.79. The number of nitrogens with one attached hydrogen (secondary N) is 1. The van der Waals surface area contributed by atoms with Gasteiger partial charge < -0.3 is 14.8 Å². The van der Waals surface area contributed by atoms with E-state index in [0.717, 1.165) is 18.8 Å². The Morgan fingerprint density at radius 1 is 1.08 bits per heavy atom. The molecule has 1 saturated heterocycles. The van der Waals surface area contributed by atoms with Gasteiger partial charge in [-0.1, -0.05) is 29.8 Å². The molecule has 2 heterocycles. The zero-order valence-electron chi connectivity index (χ0n) is 14.8. The van der Waals surface area contributed by atoms with E-state index in [9.17, 15) is 0 Å². The SMILES string of the molecule is COc1ccc(C2Nc3c(C)cc(C)cc3[C@H]3OCC[C@@H]23)cc1C. The largest absolute Gasteiger partial charge is 0.496 e. The number of rotatable bonds is 2. The Hall–Kier alpha value is -2.00. The van der Waals surface area contributed by atoms with E-state index in [1.807, 2.05) is 0 Å². The van der Waals surface area contributed by atoms with Gasteiger partial charge in [0.15, 0.2) is 0 Å². The summed E-state index contributed by atoms with van der Waals surface area (Å²) in [5.74, 6) is 1.42. The highest BCUT2D eigenvalue weighted by molar-refractivity contribution is 5.63. The second-order valence-electron chi connectivity index (χ2n) is 7.14. The van der Waals surface area contributed by atoms with Crippen LogP contribution < -0.4 is 10.1 Å². The van der Waals surface area contributed by atoms with E-state index in [4.69, 9.17) is 9.47 Å². The third-order valence-corrected chi connectivity index (χ3v) is 5.46. The van der Waals surface area contributed by atoms with E-state index in [1.54, 1.807) is 7.11 Å². The van der Waals surface area contributed by atoms with Crippen molar-refractivity contribution in [3.63, 3.8) is 0 Å². The van der Waals surface area contributed by atoms with E-state index < -0.39 is 0 Å². The van der Waals surface area contributed by atoms with E-state index >= 15 is 0 Å². The predicted octanol–water partition coefficient (Wildman–Crippen LogP) is 4.86. The highest BCUT2D eigenvalue weighted by Gasteiger charge is 2.42. The van der Waals surface area contributed by atoms with Gasteiger partial charge in [-0.2, -0.15) is 0 Å². The molecule has 1 N–H and O–H groups in total. The molecule has 2 aromatic rings. The van der Waals surface area contributed by atoms with E-state index in [2.05, 4.69) is 56.4 Å². The van der Waals surface area contributed by atoms with Gasteiger partial charge in [0, 0.05) is 23.8 Å². The number of aryl methyl sites for hydroxylation is 3. The number of hydrogen-bond acceptors (Lipinski definition) is 3. The van der Waals surface area contributed by atoms with Gasteiger partial charge in [0.05, 0.1) is 19.3 Å². The summed E-state index contributed by atoms with van der Waals surface area (Å²) in [7, 11) is 1.73. The third-order valence-electron chi connectivity index (χ3n) is 5.46. The van der Waals surface area contributed by atoms with Gasteiger partial charge in [-0.15, -0.1) is 0 Å². The van der Waals surface area contributed by atoms with Crippen LogP contribution in [0.4, 0.5) is 5.69 Å². The molecule has 0 spiro atoms. The molecule has 0 bridgehead atoms. The van der Waals surface area contributed by atoms with Crippen LogP contribution in [-0.4, -0.2) is 13.7 Å². The number of fused-ring (bicyclic) bond motifs is 3. The Morgan fingerprint density at radius 3 is 2.67 bits per heavy atom. The maximum absolute atomic E-state index is 6.16. The van der Waals surface area contributed by atoms with Crippen molar-refractivity contribution in [3.8, 4) is 5.75 Å². The summed E-state index contributed by atoms with van der Waals surface area (Å²) in [5.41, 5.74) is 7.69.